The molecule has 0 spiro atoms. The van der Waals surface area contributed by atoms with Gasteiger partial charge in [-0.2, -0.15) is 0 Å². The zero-order chi connectivity index (χ0) is 9.38. The van der Waals surface area contributed by atoms with Crippen LogP contribution in [0, 0.1) is 12.1 Å². The molecule has 1 aliphatic heterocycles. The highest BCUT2D eigenvalue weighted by Gasteiger charge is 2.15. The maximum absolute atomic E-state index is 5.67. The van der Waals surface area contributed by atoms with Crippen LogP contribution in [-0.4, -0.2) is 0 Å². The normalized spacial score (nSPS) is 12.6. The lowest BCUT2D eigenvalue weighted by Gasteiger charge is -2.18. The summed E-state index contributed by atoms with van der Waals surface area (Å²) in [6, 6.07) is 18.0. The van der Waals surface area contributed by atoms with Gasteiger partial charge in [-0.25, -0.2) is 0 Å². The van der Waals surface area contributed by atoms with E-state index >= 15 is 0 Å². The Morgan fingerprint density at radius 1 is 0.929 bits per heavy atom. The Bertz CT molecular complexity index is 387. The van der Waals surface area contributed by atoms with Crippen molar-refractivity contribution in [3.63, 3.8) is 0 Å². The quantitative estimate of drug-likeness (QED) is 0.516. The first-order chi connectivity index (χ1) is 6.93. The number of para-hydroxylation sites is 2. The Kier molecular flexibility index (Phi) is 1.57. The first-order valence-corrected chi connectivity index (χ1v) is 4.60. The number of benzene rings is 2. The monoisotopic (exact) mass is 180 g/mol. The summed E-state index contributed by atoms with van der Waals surface area (Å²) in [7, 11) is 0. The van der Waals surface area contributed by atoms with Crippen molar-refractivity contribution in [3.8, 4) is 11.5 Å². The van der Waals surface area contributed by atoms with Crippen LogP contribution < -0.4 is 4.74 Å². The Morgan fingerprint density at radius 3 is 2.07 bits per heavy atom. The van der Waals surface area contributed by atoms with Gasteiger partial charge in [0.05, 0.1) is 0 Å². The average Bonchev–Trinajstić information content (AvgIpc) is 2.26. The molecule has 2 aromatic rings. The highest BCUT2D eigenvalue weighted by molar-refractivity contribution is 5.48. The number of fused-ring (bicyclic) bond motifs is 2. The van der Waals surface area contributed by atoms with Crippen molar-refractivity contribution < 1.29 is 4.74 Å². The fourth-order valence-electron chi connectivity index (χ4n) is 1.69. The Hall–Kier alpha value is -1.76. The van der Waals surface area contributed by atoms with Crippen LogP contribution in [0.5, 0.6) is 11.5 Å². The van der Waals surface area contributed by atoms with Gasteiger partial charge in [0.25, 0.3) is 0 Å². The van der Waals surface area contributed by atoms with Gasteiger partial charge in [0.1, 0.15) is 11.5 Å². The molecule has 0 N–H and O–H groups in total. The van der Waals surface area contributed by atoms with Crippen molar-refractivity contribution in [2.45, 2.75) is 6.42 Å². The minimum Gasteiger partial charge on any atom is -0.455 e. The smallest absolute Gasteiger partial charge is 0.138 e. The van der Waals surface area contributed by atoms with Crippen LogP contribution in [0.25, 0.3) is 0 Å². The molecule has 1 nitrogen and oxygen atoms in total. The molecule has 1 heterocycles. The molecule has 14 heavy (non-hydrogen) atoms. The van der Waals surface area contributed by atoms with Crippen LogP contribution >= 0.6 is 0 Å². The average molecular weight is 180 g/mol. The van der Waals surface area contributed by atoms with Crippen molar-refractivity contribution in [1.82, 2.24) is 0 Å². The maximum atomic E-state index is 5.67. The zero-order valence-corrected chi connectivity index (χ0v) is 7.58. The summed E-state index contributed by atoms with van der Waals surface area (Å²) in [6.45, 7) is 0. The number of hydrogen-bond acceptors (Lipinski definition) is 1. The van der Waals surface area contributed by atoms with E-state index in [1.807, 2.05) is 24.3 Å². The second kappa shape index (κ2) is 2.88. The third-order valence-corrected chi connectivity index (χ3v) is 2.38. The molecule has 0 saturated carbocycles. The van der Waals surface area contributed by atoms with Crippen LogP contribution in [0.1, 0.15) is 11.1 Å². The van der Waals surface area contributed by atoms with Crippen molar-refractivity contribution in [1.29, 1.82) is 0 Å². The van der Waals surface area contributed by atoms with Crippen molar-refractivity contribution in [2.75, 3.05) is 0 Å². The molecule has 0 unspecified atom stereocenters. The summed E-state index contributed by atoms with van der Waals surface area (Å²) in [6.07, 6.45) is 0.916. The fraction of sp³-hybridized carbons (Fsp3) is 0.0769. The molecule has 2 radical (unpaired) electrons. The predicted molar refractivity (Wildman–Crippen MR) is 53.4 cm³/mol. The Morgan fingerprint density at radius 2 is 1.50 bits per heavy atom. The van der Waals surface area contributed by atoms with Gasteiger partial charge >= 0.3 is 0 Å². The molecule has 0 atom stereocenters. The summed E-state index contributed by atoms with van der Waals surface area (Å²) in [5.41, 5.74) is 2.39. The first kappa shape index (κ1) is 7.63. The van der Waals surface area contributed by atoms with Crippen LogP contribution in [0.2, 0.25) is 0 Å². The third-order valence-electron chi connectivity index (χ3n) is 2.38. The molecule has 0 aliphatic carbocycles. The van der Waals surface area contributed by atoms with Crippen LogP contribution in [0.4, 0.5) is 0 Å². The molecule has 3 rings (SSSR count). The highest BCUT2D eigenvalue weighted by Crippen LogP contribution is 2.34. The van der Waals surface area contributed by atoms with Crippen molar-refractivity contribution >= 4 is 0 Å². The Balaban J connectivity index is 2.12. The number of rotatable bonds is 0. The van der Waals surface area contributed by atoms with Gasteiger partial charge in [-0.05, 0) is 11.1 Å². The van der Waals surface area contributed by atoms with Gasteiger partial charge in [-0.3, -0.25) is 0 Å². The van der Waals surface area contributed by atoms with Crippen LogP contribution in [0.15, 0.2) is 36.4 Å². The predicted octanol–water partition coefficient (Wildman–Crippen LogP) is 2.98. The maximum Gasteiger partial charge on any atom is 0.138 e. The van der Waals surface area contributed by atoms with Gasteiger partial charge in [0.15, 0.2) is 0 Å². The SMILES string of the molecule is [c]1cccc2c1Oc1[c]cccc1C2. The van der Waals surface area contributed by atoms with E-state index in [2.05, 4.69) is 24.3 Å². The summed E-state index contributed by atoms with van der Waals surface area (Å²) in [5.74, 6) is 1.67. The van der Waals surface area contributed by atoms with Gasteiger partial charge < -0.3 is 4.74 Å². The Labute approximate surface area is 83.0 Å². The van der Waals surface area contributed by atoms with E-state index in [4.69, 9.17) is 4.74 Å². The molecule has 0 fully saturated rings. The number of hydrogen-bond donors (Lipinski definition) is 0. The van der Waals surface area contributed by atoms with E-state index in [0.29, 0.717) is 0 Å². The minimum atomic E-state index is 0.836. The summed E-state index contributed by atoms with van der Waals surface area (Å²) >= 11 is 0. The van der Waals surface area contributed by atoms with E-state index in [1.165, 1.54) is 11.1 Å². The van der Waals surface area contributed by atoms with Gasteiger partial charge in [0, 0.05) is 18.6 Å². The lowest BCUT2D eigenvalue weighted by Crippen LogP contribution is -2.02. The van der Waals surface area contributed by atoms with Crippen molar-refractivity contribution in [2.24, 2.45) is 0 Å². The molecule has 1 heteroatoms. The van der Waals surface area contributed by atoms with Crippen LogP contribution in [-0.2, 0) is 6.42 Å². The lowest BCUT2D eigenvalue weighted by atomic mass is 10.0. The van der Waals surface area contributed by atoms with E-state index < -0.39 is 0 Å². The standard InChI is InChI=1S/C13H8O/c1-3-7-12-10(5-1)9-11-6-2-4-8-13(11)14-12/h1-6H,9H2. The molecular weight excluding hydrogens is 172 g/mol. The second-order valence-corrected chi connectivity index (χ2v) is 3.33. The zero-order valence-electron chi connectivity index (χ0n) is 7.58. The molecule has 0 bridgehead atoms. The molecule has 66 valence electrons. The molecule has 1 aliphatic rings. The van der Waals surface area contributed by atoms with E-state index in [0.717, 1.165) is 17.9 Å². The van der Waals surface area contributed by atoms with E-state index in [9.17, 15) is 0 Å². The second-order valence-electron chi connectivity index (χ2n) is 3.33. The molecule has 2 aromatic carbocycles. The molecular formula is C13H8O. The van der Waals surface area contributed by atoms with Crippen LogP contribution in [0.3, 0.4) is 0 Å². The van der Waals surface area contributed by atoms with Gasteiger partial charge in [0.2, 0.25) is 0 Å². The number of ether oxygens (including phenoxy) is 1. The molecule has 0 saturated heterocycles. The topological polar surface area (TPSA) is 9.23 Å². The van der Waals surface area contributed by atoms with E-state index in [1.54, 1.807) is 0 Å². The van der Waals surface area contributed by atoms with Crippen molar-refractivity contribution in [3.05, 3.63) is 59.7 Å². The third kappa shape index (κ3) is 1.10. The molecule has 0 amide bonds. The summed E-state index contributed by atoms with van der Waals surface area (Å²) in [5, 5.41) is 0. The minimum absolute atomic E-state index is 0.836. The summed E-state index contributed by atoms with van der Waals surface area (Å²) in [4.78, 5) is 0. The summed E-state index contributed by atoms with van der Waals surface area (Å²) < 4.78 is 5.67. The van der Waals surface area contributed by atoms with Gasteiger partial charge in [-0.1, -0.05) is 36.4 Å². The fourth-order valence-corrected chi connectivity index (χ4v) is 1.69. The largest absolute Gasteiger partial charge is 0.455 e. The highest BCUT2D eigenvalue weighted by atomic mass is 16.5. The van der Waals surface area contributed by atoms with Gasteiger partial charge in [-0.15, -0.1) is 0 Å². The first-order valence-electron chi connectivity index (χ1n) is 4.60. The molecule has 0 aromatic heterocycles. The van der Waals surface area contributed by atoms with E-state index in [-0.39, 0.29) is 0 Å². The lowest BCUT2D eigenvalue weighted by molar-refractivity contribution is 0.458.